The third-order valence-electron chi connectivity index (χ3n) is 4.05. The van der Waals surface area contributed by atoms with Crippen molar-refractivity contribution in [3.8, 4) is 0 Å². The maximum absolute atomic E-state index is 12.7. The van der Waals surface area contributed by atoms with Gasteiger partial charge in [0.15, 0.2) is 0 Å². The van der Waals surface area contributed by atoms with Gasteiger partial charge in [-0.25, -0.2) is 8.42 Å². The minimum atomic E-state index is -3.45. The average Bonchev–Trinajstić information content (AvgIpc) is 2.84. The highest BCUT2D eigenvalue weighted by Crippen LogP contribution is 2.28. The Bertz CT molecular complexity index is 807. The summed E-state index contributed by atoms with van der Waals surface area (Å²) in [5, 5.41) is 0. The van der Waals surface area contributed by atoms with Crippen LogP contribution < -0.4 is 5.73 Å². The van der Waals surface area contributed by atoms with Crippen LogP contribution >= 0.6 is 22.9 Å². The van der Waals surface area contributed by atoms with Crippen LogP contribution in [-0.4, -0.2) is 43.8 Å². The molecule has 2 aromatic rings. The first-order valence-electron chi connectivity index (χ1n) is 7.77. The van der Waals surface area contributed by atoms with Gasteiger partial charge in [-0.05, 0) is 42.8 Å². The highest BCUT2D eigenvalue weighted by molar-refractivity contribution is 7.91. The molecule has 2 N–H and O–H groups in total. The van der Waals surface area contributed by atoms with E-state index in [0.29, 0.717) is 28.2 Å². The summed E-state index contributed by atoms with van der Waals surface area (Å²) in [4.78, 5) is 2.27. The first-order chi connectivity index (χ1) is 11.4. The van der Waals surface area contributed by atoms with Crippen LogP contribution in [0.2, 0.25) is 4.34 Å². The van der Waals surface area contributed by atoms with Crippen molar-refractivity contribution in [1.82, 2.24) is 9.21 Å². The number of anilines is 1. The van der Waals surface area contributed by atoms with Crippen LogP contribution in [0.25, 0.3) is 0 Å². The van der Waals surface area contributed by atoms with Crippen molar-refractivity contribution < 1.29 is 8.42 Å². The topological polar surface area (TPSA) is 66.6 Å². The summed E-state index contributed by atoms with van der Waals surface area (Å²) >= 11 is 6.99. The Hall–Kier alpha value is -1.12. The third-order valence-corrected chi connectivity index (χ3v) is 7.64. The first kappa shape index (κ1) is 17.7. The zero-order chi connectivity index (χ0) is 17.2. The molecule has 0 aliphatic carbocycles. The number of nitrogen functional groups attached to an aromatic ring is 1. The number of thiophene rings is 1. The molecule has 2 heterocycles. The molecule has 0 spiro atoms. The molecular weight excluding hydrogens is 366 g/mol. The van der Waals surface area contributed by atoms with E-state index in [2.05, 4.69) is 4.90 Å². The van der Waals surface area contributed by atoms with Gasteiger partial charge in [0.25, 0.3) is 10.0 Å². The van der Waals surface area contributed by atoms with Crippen molar-refractivity contribution in [3.05, 3.63) is 46.3 Å². The highest BCUT2D eigenvalue weighted by atomic mass is 35.5. The van der Waals surface area contributed by atoms with Crippen molar-refractivity contribution in [2.75, 3.05) is 31.9 Å². The minimum absolute atomic E-state index is 0.316. The lowest BCUT2D eigenvalue weighted by atomic mass is 10.2. The maximum Gasteiger partial charge on any atom is 0.252 e. The van der Waals surface area contributed by atoms with E-state index in [1.165, 1.54) is 0 Å². The van der Waals surface area contributed by atoms with Gasteiger partial charge in [0.2, 0.25) is 0 Å². The van der Waals surface area contributed by atoms with Gasteiger partial charge < -0.3 is 5.73 Å². The standard InChI is InChI=1S/C16H20ClN3O2S2/c17-15-5-6-16(23-15)24(21,22)20-8-2-7-19(9-10-20)12-13-3-1-4-14(18)11-13/h1,3-6,11H,2,7-10,12,18H2. The summed E-state index contributed by atoms with van der Waals surface area (Å²) in [6, 6.07) is 11.0. The number of rotatable bonds is 4. The van der Waals surface area contributed by atoms with Gasteiger partial charge in [0.05, 0.1) is 4.34 Å². The van der Waals surface area contributed by atoms with Crippen LogP contribution in [0.5, 0.6) is 0 Å². The molecule has 1 aliphatic rings. The molecule has 1 saturated heterocycles. The lowest BCUT2D eigenvalue weighted by Gasteiger charge is -2.21. The first-order valence-corrected chi connectivity index (χ1v) is 10.4. The van der Waals surface area contributed by atoms with Gasteiger partial charge >= 0.3 is 0 Å². The van der Waals surface area contributed by atoms with Crippen molar-refractivity contribution in [1.29, 1.82) is 0 Å². The molecule has 0 unspecified atom stereocenters. The Kier molecular flexibility index (Phi) is 5.46. The van der Waals surface area contributed by atoms with Crippen LogP contribution in [0.3, 0.4) is 0 Å². The van der Waals surface area contributed by atoms with E-state index in [1.807, 2.05) is 24.3 Å². The Morgan fingerprint density at radius 1 is 1.12 bits per heavy atom. The molecule has 1 aromatic heterocycles. The van der Waals surface area contributed by atoms with Gasteiger partial charge in [0.1, 0.15) is 4.21 Å². The molecule has 8 heteroatoms. The van der Waals surface area contributed by atoms with E-state index >= 15 is 0 Å². The van der Waals surface area contributed by atoms with Gasteiger partial charge in [-0.1, -0.05) is 23.7 Å². The van der Waals surface area contributed by atoms with Crippen LogP contribution in [-0.2, 0) is 16.6 Å². The summed E-state index contributed by atoms with van der Waals surface area (Å²) in [5.74, 6) is 0. The average molecular weight is 386 g/mol. The number of sulfonamides is 1. The molecule has 1 aliphatic heterocycles. The van der Waals surface area contributed by atoms with E-state index in [1.54, 1.807) is 16.4 Å². The summed E-state index contributed by atoms with van der Waals surface area (Å²) in [6.07, 6.45) is 0.806. The Labute approximate surface area is 151 Å². The fourth-order valence-electron chi connectivity index (χ4n) is 2.86. The van der Waals surface area contributed by atoms with Crippen LogP contribution in [0, 0.1) is 0 Å². The summed E-state index contributed by atoms with van der Waals surface area (Å²) in [6.45, 7) is 3.37. The monoisotopic (exact) mass is 385 g/mol. The second kappa shape index (κ2) is 7.41. The quantitative estimate of drug-likeness (QED) is 0.822. The van der Waals surface area contributed by atoms with Crippen molar-refractivity contribution in [3.63, 3.8) is 0 Å². The van der Waals surface area contributed by atoms with Gasteiger partial charge in [-0.2, -0.15) is 4.31 Å². The molecule has 24 heavy (non-hydrogen) atoms. The number of nitrogens with two attached hydrogens (primary N) is 1. The molecule has 0 radical (unpaired) electrons. The molecular formula is C16H20ClN3O2S2. The number of hydrogen-bond donors (Lipinski definition) is 1. The predicted octanol–water partition coefficient (Wildman–Crippen LogP) is 2.88. The van der Waals surface area contributed by atoms with E-state index < -0.39 is 10.0 Å². The minimum Gasteiger partial charge on any atom is -0.399 e. The number of hydrogen-bond acceptors (Lipinski definition) is 5. The Balaban J connectivity index is 1.67. The zero-order valence-corrected chi connectivity index (χ0v) is 15.6. The number of halogens is 1. The van der Waals surface area contributed by atoms with Crippen molar-refractivity contribution in [2.45, 2.75) is 17.2 Å². The second-order valence-corrected chi connectivity index (χ2v) is 9.72. The summed E-state index contributed by atoms with van der Waals surface area (Å²) in [7, 11) is -3.45. The molecule has 0 atom stereocenters. The smallest absolute Gasteiger partial charge is 0.252 e. The lowest BCUT2D eigenvalue weighted by molar-refractivity contribution is 0.279. The summed E-state index contributed by atoms with van der Waals surface area (Å²) < 4.78 is 27.8. The van der Waals surface area contributed by atoms with Gasteiger partial charge in [-0.15, -0.1) is 11.3 Å². The van der Waals surface area contributed by atoms with Gasteiger partial charge in [0, 0.05) is 31.9 Å². The molecule has 0 amide bonds. The Morgan fingerprint density at radius 2 is 1.96 bits per heavy atom. The number of benzene rings is 1. The molecule has 0 saturated carbocycles. The predicted molar refractivity (Wildman–Crippen MR) is 98.8 cm³/mol. The maximum atomic E-state index is 12.7. The third kappa shape index (κ3) is 4.10. The molecule has 0 bridgehead atoms. The fraction of sp³-hybridized carbons (Fsp3) is 0.375. The number of nitrogens with zero attached hydrogens (tertiary/aromatic N) is 2. The van der Waals surface area contributed by atoms with E-state index in [4.69, 9.17) is 17.3 Å². The van der Waals surface area contributed by atoms with Crippen LogP contribution in [0.1, 0.15) is 12.0 Å². The largest absolute Gasteiger partial charge is 0.399 e. The van der Waals surface area contributed by atoms with Crippen molar-refractivity contribution in [2.24, 2.45) is 0 Å². The SMILES string of the molecule is Nc1cccc(CN2CCCN(S(=O)(=O)c3ccc(Cl)s3)CC2)c1. The van der Waals surface area contributed by atoms with E-state index in [-0.39, 0.29) is 0 Å². The van der Waals surface area contributed by atoms with Crippen molar-refractivity contribution >= 4 is 38.6 Å². The van der Waals surface area contributed by atoms with Crippen LogP contribution in [0.15, 0.2) is 40.6 Å². The second-order valence-electron chi connectivity index (χ2n) is 5.84. The fourth-order valence-corrected chi connectivity index (χ4v) is 5.97. The Morgan fingerprint density at radius 3 is 2.67 bits per heavy atom. The van der Waals surface area contributed by atoms with Gasteiger partial charge in [-0.3, -0.25) is 4.90 Å². The summed E-state index contributed by atoms with van der Waals surface area (Å²) in [5.41, 5.74) is 7.72. The molecule has 130 valence electrons. The normalized spacial score (nSPS) is 17.7. The zero-order valence-electron chi connectivity index (χ0n) is 13.2. The lowest BCUT2D eigenvalue weighted by Crippen LogP contribution is -2.34. The van der Waals surface area contributed by atoms with Crippen LogP contribution in [0.4, 0.5) is 5.69 Å². The van der Waals surface area contributed by atoms with E-state index in [9.17, 15) is 8.42 Å². The molecule has 3 rings (SSSR count). The molecule has 1 aromatic carbocycles. The highest BCUT2D eigenvalue weighted by Gasteiger charge is 2.28. The molecule has 5 nitrogen and oxygen atoms in total. The van der Waals surface area contributed by atoms with E-state index in [0.717, 1.165) is 42.1 Å². The molecule has 1 fully saturated rings.